The maximum atomic E-state index is 9.02. The number of nitrogens with zero attached hydrogens (tertiary/aromatic N) is 1. The zero-order valence-corrected chi connectivity index (χ0v) is 11.7. The summed E-state index contributed by atoms with van der Waals surface area (Å²) in [6.45, 7) is 2.37. The molecule has 0 saturated heterocycles. The Balaban J connectivity index is 1.81. The minimum absolute atomic E-state index is 0.202. The van der Waals surface area contributed by atoms with Crippen LogP contribution < -0.4 is 10.5 Å². The van der Waals surface area contributed by atoms with Crippen LogP contribution in [0.2, 0.25) is 0 Å². The lowest BCUT2D eigenvalue weighted by Gasteiger charge is -2.20. The van der Waals surface area contributed by atoms with Crippen molar-refractivity contribution in [1.82, 2.24) is 4.90 Å². The Labute approximate surface area is 119 Å². The molecule has 0 unspecified atom stereocenters. The molecule has 4 nitrogen and oxygen atoms in total. The van der Waals surface area contributed by atoms with Gasteiger partial charge in [0.05, 0.1) is 6.61 Å². The van der Waals surface area contributed by atoms with Crippen molar-refractivity contribution in [3.63, 3.8) is 0 Å². The third-order valence-corrected chi connectivity index (χ3v) is 3.45. The third-order valence-electron chi connectivity index (χ3n) is 3.22. The summed E-state index contributed by atoms with van der Waals surface area (Å²) >= 11 is 4.94. The molecular formula is C14H20N2O2S. The molecule has 0 bridgehead atoms. The van der Waals surface area contributed by atoms with Crippen LogP contribution in [-0.4, -0.2) is 47.3 Å². The quantitative estimate of drug-likeness (QED) is 0.700. The molecule has 1 aliphatic carbocycles. The van der Waals surface area contributed by atoms with Crippen molar-refractivity contribution in [2.75, 3.05) is 26.3 Å². The molecule has 0 heterocycles. The van der Waals surface area contributed by atoms with Gasteiger partial charge in [0, 0.05) is 24.7 Å². The largest absolute Gasteiger partial charge is 0.492 e. The van der Waals surface area contributed by atoms with Crippen LogP contribution in [0.5, 0.6) is 5.75 Å². The number of hydrogen-bond acceptors (Lipinski definition) is 4. The highest BCUT2D eigenvalue weighted by molar-refractivity contribution is 7.80. The molecule has 1 aliphatic rings. The first-order valence-corrected chi connectivity index (χ1v) is 6.99. The van der Waals surface area contributed by atoms with E-state index in [-0.39, 0.29) is 6.61 Å². The maximum Gasteiger partial charge on any atom is 0.120 e. The lowest BCUT2D eigenvalue weighted by Crippen LogP contribution is -2.33. The van der Waals surface area contributed by atoms with Gasteiger partial charge in [0.1, 0.15) is 17.3 Å². The Bertz CT molecular complexity index is 435. The molecule has 5 heteroatoms. The summed E-state index contributed by atoms with van der Waals surface area (Å²) in [6.07, 6.45) is 2.47. The molecule has 19 heavy (non-hydrogen) atoms. The van der Waals surface area contributed by atoms with E-state index < -0.39 is 0 Å². The van der Waals surface area contributed by atoms with E-state index in [1.54, 1.807) is 0 Å². The van der Waals surface area contributed by atoms with Crippen LogP contribution >= 0.6 is 12.2 Å². The molecule has 1 aromatic rings. The topological polar surface area (TPSA) is 58.7 Å². The van der Waals surface area contributed by atoms with Crippen LogP contribution in [0, 0.1) is 0 Å². The Kier molecular flexibility index (Phi) is 5.13. The van der Waals surface area contributed by atoms with Crippen molar-refractivity contribution < 1.29 is 9.84 Å². The summed E-state index contributed by atoms with van der Waals surface area (Å²) in [5.74, 6) is 0.782. The predicted molar refractivity (Wildman–Crippen MR) is 79.5 cm³/mol. The van der Waals surface area contributed by atoms with Crippen molar-refractivity contribution in [3.8, 4) is 5.75 Å². The van der Waals surface area contributed by atoms with E-state index in [2.05, 4.69) is 4.90 Å². The molecule has 0 aromatic heterocycles. The third kappa shape index (κ3) is 4.45. The first-order chi connectivity index (χ1) is 9.20. The van der Waals surface area contributed by atoms with E-state index in [0.29, 0.717) is 17.6 Å². The molecule has 1 aromatic carbocycles. The van der Waals surface area contributed by atoms with E-state index in [1.807, 2.05) is 24.3 Å². The number of aliphatic hydroxyl groups is 1. The zero-order valence-electron chi connectivity index (χ0n) is 10.9. The van der Waals surface area contributed by atoms with Crippen molar-refractivity contribution in [1.29, 1.82) is 0 Å². The fourth-order valence-corrected chi connectivity index (χ4v) is 2.19. The smallest absolute Gasteiger partial charge is 0.120 e. The van der Waals surface area contributed by atoms with Gasteiger partial charge >= 0.3 is 0 Å². The van der Waals surface area contributed by atoms with Gasteiger partial charge in [0.25, 0.3) is 0 Å². The highest BCUT2D eigenvalue weighted by Crippen LogP contribution is 2.26. The number of nitrogens with two attached hydrogens (primary N) is 1. The predicted octanol–water partition coefficient (Wildman–Crippen LogP) is 1.16. The van der Waals surface area contributed by atoms with Gasteiger partial charge in [-0.25, -0.2) is 0 Å². The van der Waals surface area contributed by atoms with Crippen LogP contribution in [0.3, 0.4) is 0 Å². The van der Waals surface area contributed by atoms with Gasteiger partial charge in [0.2, 0.25) is 0 Å². The number of ether oxygens (including phenoxy) is 1. The van der Waals surface area contributed by atoms with Gasteiger partial charge in [-0.1, -0.05) is 24.4 Å². The highest BCUT2D eigenvalue weighted by atomic mass is 32.1. The van der Waals surface area contributed by atoms with Gasteiger partial charge in [-0.05, 0) is 25.0 Å². The van der Waals surface area contributed by atoms with Crippen LogP contribution in [0.25, 0.3) is 0 Å². The lowest BCUT2D eigenvalue weighted by atomic mass is 10.2. The second-order valence-corrected chi connectivity index (χ2v) is 5.17. The van der Waals surface area contributed by atoms with Crippen LogP contribution in [-0.2, 0) is 0 Å². The standard InChI is InChI=1S/C14H20N2O2S/c15-14(19)11-2-1-3-13(10-11)18-9-7-16(6-8-17)12-4-5-12/h1-3,10,12,17H,4-9H2,(H2,15,19). The molecule has 1 saturated carbocycles. The summed E-state index contributed by atoms with van der Waals surface area (Å²) in [5, 5.41) is 9.02. The fraction of sp³-hybridized carbons (Fsp3) is 0.500. The lowest BCUT2D eigenvalue weighted by molar-refractivity contribution is 0.162. The average Bonchev–Trinajstić information content (AvgIpc) is 3.22. The average molecular weight is 280 g/mol. The molecule has 0 atom stereocenters. The Hall–Kier alpha value is -1.17. The van der Waals surface area contributed by atoms with Crippen molar-refractivity contribution in [3.05, 3.63) is 29.8 Å². The summed E-state index contributed by atoms with van der Waals surface area (Å²) in [6, 6.07) is 8.15. The Morgan fingerprint density at radius 1 is 1.42 bits per heavy atom. The molecule has 104 valence electrons. The van der Waals surface area contributed by atoms with Gasteiger partial charge in [-0.2, -0.15) is 0 Å². The zero-order chi connectivity index (χ0) is 13.7. The van der Waals surface area contributed by atoms with E-state index >= 15 is 0 Å². The minimum Gasteiger partial charge on any atom is -0.492 e. The minimum atomic E-state index is 0.202. The van der Waals surface area contributed by atoms with E-state index in [0.717, 1.165) is 24.4 Å². The molecule has 0 aliphatic heterocycles. The first kappa shape index (κ1) is 14.2. The Morgan fingerprint density at radius 2 is 2.21 bits per heavy atom. The number of hydrogen-bond donors (Lipinski definition) is 2. The number of aliphatic hydroxyl groups excluding tert-OH is 1. The van der Waals surface area contributed by atoms with Crippen molar-refractivity contribution in [2.24, 2.45) is 5.73 Å². The normalized spacial score (nSPS) is 14.6. The molecule has 0 spiro atoms. The molecule has 2 rings (SSSR count). The summed E-state index contributed by atoms with van der Waals surface area (Å²) in [7, 11) is 0. The van der Waals surface area contributed by atoms with E-state index in [1.165, 1.54) is 12.8 Å². The summed E-state index contributed by atoms with van der Waals surface area (Å²) in [5.41, 5.74) is 6.41. The molecular weight excluding hydrogens is 260 g/mol. The number of rotatable bonds is 8. The molecule has 1 fully saturated rings. The van der Waals surface area contributed by atoms with E-state index in [4.69, 9.17) is 27.8 Å². The first-order valence-electron chi connectivity index (χ1n) is 6.58. The Morgan fingerprint density at radius 3 is 2.84 bits per heavy atom. The van der Waals surface area contributed by atoms with Crippen molar-refractivity contribution in [2.45, 2.75) is 18.9 Å². The molecule has 3 N–H and O–H groups in total. The summed E-state index contributed by atoms with van der Waals surface area (Å²) in [4.78, 5) is 2.66. The van der Waals surface area contributed by atoms with Crippen LogP contribution in [0.15, 0.2) is 24.3 Å². The van der Waals surface area contributed by atoms with Crippen molar-refractivity contribution >= 4 is 17.2 Å². The van der Waals surface area contributed by atoms with E-state index in [9.17, 15) is 0 Å². The van der Waals surface area contributed by atoms with Gasteiger partial charge in [-0.15, -0.1) is 0 Å². The summed E-state index contributed by atoms with van der Waals surface area (Å²) < 4.78 is 5.71. The second kappa shape index (κ2) is 6.84. The number of thiocarbonyl (C=S) groups is 1. The van der Waals surface area contributed by atoms with Gasteiger partial charge in [0.15, 0.2) is 0 Å². The number of benzene rings is 1. The van der Waals surface area contributed by atoms with Gasteiger partial charge < -0.3 is 15.6 Å². The maximum absolute atomic E-state index is 9.02. The monoisotopic (exact) mass is 280 g/mol. The SMILES string of the molecule is NC(=S)c1cccc(OCCN(CCO)C2CC2)c1. The fourth-order valence-electron chi connectivity index (χ4n) is 2.06. The van der Waals surface area contributed by atoms with Crippen LogP contribution in [0.1, 0.15) is 18.4 Å². The van der Waals surface area contributed by atoms with Gasteiger partial charge in [-0.3, -0.25) is 4.90 Å². The van der Waals surface area contributed by atoms with Crippen LogP contribution in [0.4, 0.5) is 0 Å². The molecule has 0 radical (unpaired) electrons. The highest BCUT2D eigenvalue weighted by Gasteiger charge is 2.28. The molecule has 0 amide bonds. The second-order valence-electron chi connectivity index (χ2n) is 4.73.